The summed E-state index contributed by atoms with van der Waals surface area (Å²) in [4.78, 5) is 24.9. The highest BCUT2D eigenvalue weighted by atomic mass is 35.5. The summed E-state index contributed by atoms with van der Waals surface area (Å²) in [5.74, 6) is -0.164. The van der Waals surface area contributed by atoms with Gasteiger partial charge in [-0.15, -0.1) is 0 Å². The summed E-state index contributed by atoms with van der Waals surface area (Å²) in [5.41, 5.74) is 0.212. The van der Waals surface area contributed by atoms with Crippen molar-refractivity contribution in [2.24, 2.45) is 10.7 Å². The van der Waals surface area contributed by atoms with E-state index in [1.54, 1.807) is 0 Å². The Morgan fingerprint density at radius 2 is 1.93 bits per heavy atom. The van der Waals surface area contributed by atoms with Crippen LogP contribution in [0.2, 0.25) is 5.02 Å². The van der Waals surface area contributed by atoms with Gasteiger partial charge in [0.05, 0.1) is 15.4 Å². The first-order valence-corrected chi connectivity index (χ1v) is 7.99. The average molecular weight is 444 g/mol. The van der Waals surface area contributed by atoms with E-state index in [1.807, 2.05) is 0 Å². The van der Waals surface area contributed by atoms with Crippen molar-refractivity contribution in [3.63, 3.8) is 0 Å². The molecule has 1 aliphatic rings. The minimum absolute atomic E-state index is 0.0297. The van der Waals surface area contributed by atoms with Gasteiger partial charge in [0.25, 0.3) is 0 Å². The molecule has 10 nitrogen and oxygen atoms in total. The summed E-state index contributed by atoms with van der Waals surface area (Å²) >= 11 is 11.6. The Hall–Kier alpha value is -2.64. The highest BCUT2D eigenvalue weighted by Gasteiger charge is 2.45. The molecule has 152 valence electrons. The van der Waals surface area contributed by atoms with Crippen molar-refractivity contribution in [3.05, 3.63) is 48.1 Å². The van der Waals surface area contributed by atoms with Gasteiger partial charge in [-0.2, -0.15) is 13.2 Å². The van der Waals surface area contributed by atoms with Crippen LogP contribution in [0, 0.1) is 20.2 Å². The number of ether oxygens (including phenoxy) is 1. The van der Waals surface area contributed by atoms with Crippen molar-refractivity contribution in [2.75, 3.05) is 11.5 Å². The Balaban J connectivity index is 2.93. The monoisotopic (exact) mass is 443 g/mol. The first-order chi connectivity index (χ1) is 12.9. The molecule has 1 heterocycles. The van der Waals surface area contributed by atoms with Gasteiger partial charge in [0.2, 0.25) is 12.0 Å². The highest BCUT2D eigenvalue weighted by Crippen LogP contribution is 2.50. The van der Waals surface area contributed by atoms with Gasteiger partial charge >= 0.3 is 17.6 Å². The minimum Gasteiger partial charge on any atom is -0.384 e. The predicted molar refractivity (Wildman–Crippen MR) is 93.2 cm³/mol. The van der Waals surface area contributed by atoms with Crippen molar-refractivity contribution < 1.29 is 27.8 Å². The summed E-state index contributed by atoms with van der Waals surface area (Å²) in [6.45, 7) is 1.48. The lowest BCUT2D eigenvalue weighted by molar-refractivity contribution is -0.393. The zero-order valence-corrected chi connectivity index (χ0v) is 15.2. The largest absolute Gasteiger partial charge is 0.418 e. The van der Waals surface area contributed by atoms with E-state index in [4.69, 9.17) is 33.7 Å². The van der Waals surface area contributed by atoms with E-state index in [0.29, 0.717) is 4.90 Å². The first kappa shape index (κ1) is 21.7. The zero-order valence-electron chi connectivity index (χ0n) is 13.7. The molecule has 2 N–H and O–H groups in total. The second-order valence-corrected chi connectivity index (χ2v) is 5.90. The van der Waals surface area contributed by atoms with Gasteiger partial charge in [0.1, 0.15) is 16.0 Å². The molecule has 1 unspecified atom stereocenters. The number of rotatable bonds is 5. The van der Waals surface area contributed by atoms with Crippen LogP contribution in [0.15, 0.2) is 22.3 Å². The molecule has 0 saturated heterocycles. The molecular formula is C13H10Cl2F3N5O5. The van der Waals surface area contributed by atoms with Gasteiger partial charge in [-0.1, -0.05) is 23.2 Å². The number of nitrogens with two attached hydrogens (primary N) is 1. The Bertz CT molecular complexity index is 906. The number of alkyl halides is 3. The van der Waals surface area contributed by atoms with E-state index in [-0.39, 0.29) is 18.5 Å². The number of benzene rings is 1. The maximum absolute atomic E-state index is 13.2. The second-order valence-electron chi connectivity index (χ2n) is 5.14. The Morgan fingerprint density at radius 1 is 1.32 bits per heavy atom. The second kappa shape index (κ2) is 7.77. The van der Waals surface area contributed by atoms with Crippen molar-refractivity contribution in [3.8, 4) is 0 Å². The van der Waals surface area contributed by atoms with E-state index in [9.17, 15) is 33.4 Å². The highest BCUT2D eigenvalue weighted by molar-refractivity contribution is 6.35. The maximum atomic E-state index is 13.2. The molecular weight excluding hydrogens is 434 g/mol. The SMILES string of the molecule is CCOC1N=C(N)C=C(Cl)N1c1c([N+](=O)[O-])cc(C(F)(F)F)c(Cl)c1[N+](=O)[O-]. The van der Waals surface area contributed by atoms with Crippen molar-refractivity contribution in [1.29, 1.82) is 0 Å². The number of nitro groups is 2. The van der Waals surface area contributed by atoms with Crippen LogP contribution >= 0.6 is 23.2 Å². The summed E-state index contributed by atoms with van der Waals surface area (Å²) in [6, 6.07) is 0.0829. The number of nitrogens with zero attached hydrogens (tertiary/aromatic N) is 4. The lowest BCUT2D eigenvalue weighted by Gasteiger charge is -2.31. The van der Waals surface area contributed by atoms with Crippen LogP contribution in [0.5, 0.6) is 0 Å². The third kappa shape index (κ3) is 3.95. The van der Waals surface area contributed by atoms with E-state index in [2.05, 4.69) is 4.99 Å². The first-order valence-electron chi connectivity index (χ1n) is 7.23. The van der Waals surface area contributed by atoms with E-state index in [1.165, 1.54) is 6.92 Å². The normalized spacial score (nSPS) is 17.2. The topological polar surface area (TPSA) is 137 Å². The molecule has 1 aliphatic heterocycles. The van der Waals surface area contributed by atoms with Gasteiger partial charge in [0, 0.05) is 18.7 Å². The molecule has 0 saturated carbocycles. The molecule has 15 heteroatoms. The number of anilines is 1. The summed E-state index contributed by atoms with van der Waals surface area (Å²) in [6.07, 6.45) is -5.70. The molecule has 0 aliphatic carbocycles. The third-order valence-electron chi connectivity index (χ3n) is 3.41. The standard InChI is InChI=1S/C13H10Cl2F3N5O5/c1-2-28-12-20-8(19)4-7(14)21(12)10-6(22(24)25)3-5(13(16,17)18)9(15)11(10)23(26)27/h3-4,12H,2H2,1H3,(H2,19,20). The molecule has 0 spiro atoms. The molecule has 0 fully saturated rings. The van der Waals surface area contributed by atoms with Gasteiger partial charge in [0.15, 0.2) is 0 Å². The molecule has 2 rings (SSSR count). The molecule has 0 radical (unpaired) electrons. The number of hydrogen-bond acceptors (Lipinski definition) is 8. The predicted octanol–water partition coefficient (Wildman–Crippen LogP) is 3.75. The number of halogens is 5. The quantitative estimate of drug-likeness (QED) is 0.415. The molecule has 0 aromatic heterocycles. The van der Waals surface area contributed by atoms with Gasteiger partial charge in [-0.25, -0.2) is 4.99 Å². The van der Waals surface area contributed by atoms with Crippen molar-refractivity contribution in [1.82, 2.24) is 0 Å². The fourth-order valence-electron chi connectivity index (χ4n) is 2.37. The average Bonchev–Trinajstić information content (AvgIpc) is 2.52. The Morgan fingerprint density at radius 3 is 2.39 bits per heavy atom. The van der Waals surface area contributed by atoms with E-state index >= 15 is 0 Å². The van der Waals surface area contributed by atoms with Crippen LogP contribution in [-0.4, -0.2) is 28.6 Å². The van der Waals surface area contributed by atoms with Crippen molar-refractivity contribution >= 4 is 46.1 Å². The van der Waals surface area contributed by atoms with E-state index in [0.717, 1.165) is 6.08 Å². The van der Waals surface area contributed by atoms with Crippen LogP contribution in [0.4, 0.5) is 30.2 Å². The fraction of sp³-hybridized carbons (Fsp3) is 0.308. The third-order valence-corrected chi connectivity index (χ3v) is 4.09. The van der Waals surface area contributed by atoms with Gasteiger partial charge < -0.3 is 10.5 Å². The smallest absolute Gasteiger partial charge is 0.384 e. The molecule has 0 bridgehead atoms. The summed E-state index contributed by atoms with van der Waals surface area (Å²) in [7, 11) is 0. The van der Waals surface area contributed by atoms with Gasteiger partial charge in [-0.3, -0.25) is 25.1 Å². The van der Waals surface area contributed by atoms with Crippen LogP contribution in [0.3, 0.4) is 0 Å². The van der Waals surface area contributed by atoms with E-state index < -0.39 is 55.2 Å². The lowest BCUT2D eigenvalue weighted by Crippen LogP contribution is -2.40. The summed E-state index contributed by atoms with van der Waals surface area (Å²) in [5, 5.41) is 21.2. The molecule has 1 atom stereocenters. The lowest BCUT2D eigenvalue weighted by atomic mass is 10.1. The van der Waals surface area contributed by atoms with Crippen LogP contribution < -0.4 is 10.6 Å². The van der Waals surface area contributed by atoms with Crippen LogP contribution in [0.25, 0.3) is 0 Å². The van der Waals surface area contributed by atoms with Crippen molar-refractivity contribution in [2.45, 2.75) is 19.5 Å². The number of hydrogen-bond donors (Lipinski definition) is 1. The Kier molecular flexibility index (Phi) is 6.01. The van der Waals surface area contributed by atoms with Gasteiger partial charge in [-0.05, 0) is 6.92 Å². The number of aliphatic imine (C=N–C) groups is 1. The van der Waals surface area contributed by atoms with Crippen LogP contribution in [0.1, 0.15) is 12.5 Å². The maximum Gasteiger partial charge on any atom is 0.418 e. The zero-order chi connectivity index (χ0) is 21.4. The fourth-order valence-corrected chi connectivity index (χ4v) is 2.97. The molecule has 1 aromatic rings. The van der Waals surface area contributed by atoms with Crippen LogP contribution in [-0.2, 0) is 10.9 Å². The number of amidine groups is 1. The number of nitro benzene ring substituents is 2. The molecule has 0 amide bonds. The molecule has 1 aromatic carbocycles. The Labute approximate surface area is 164 Å². The minimum atomic E-state index is -5.19. The molecule has 28 heavy (non-hydrogen) atoms. The summed E-state index contributed by atoms with van der Waals surface area (Å²) < 4.78 is 44.8.